The topological polar surface area (TPSA) is 145 Å². The monoisotopic (exact) mass is 445 g/mol. The van der Waals surface area contributed by atoms with Crippen LogP contribution < -0.4 is 20.3 Å². The minimum absolute atomic E-state index is 0.0257. The van der Waals surface area contributed by atoms with Crippen LogP contribution in [-0.2, 0) is 25.5 Å². The van der Waals surface area contributed by atoms with Crippen LogP contribution in [0, 0.1) is 6.92 Å². The highest BCUT2D eigenvalue weighted by Gasteiger charge is 2.28. The molecular weight excluding hydrogens is 422 g/mol. The molecule has 2 amide bonds. The summed E-state index contributed by atoms with van der Waals surface area (Å²) < 4.78 is 20.7. The Morgan fingerprint density at radius 3 is 2.53 bits per heavy atom. The van der Waals surface area contributed by atoms with E-state index in [1.54, 1.807) is 31.2 Å². The van der Waals surface area contributed by atoms with E-state index < -0.39 is 36.5 Å². The van der Waals surface area contributed by atoms with Crippen molar-refractivity contribution in [2.24, 2.45) is 0 Å². The second kappa shape index (κ2) is 9.86. The number of ether oxygens (including phenoxy) is 4. The lowest BCUT2D eigenvalue weighted by Crippen LogP contribution is -2.51. The number of benzene rings is 1. The van der Waals surface area contributed by atoms with Crippen molar-refractivity contribution in [2.75, 3.05) is 20.3 Å². The Morgan fingerprint density at radius 2 is 1.84 bits per heavy atom. The van der Waals surface area contributed by atoms with E-state index in [9.17, 15) is 19.2 Å². The van der Waals surface area contributed by atoms with E-state index in [0.717, 1.165) is 0 Å². The van der Waals surface area contributed by atoms with Gasteiger partial charge in [-0.2, -0.15) is 0 Å². The van der Waals surface area contributed by atoms with E-state index in [2.05, 4.69) is 15.8 Å². The lowest BCUT2D eigenvalue weighted by atomic mass is 10.1. The van der Waals surface area contributed by atoms with Crippen LogP contribution >= 0.6 is 0 Å². The molecule has 3 N–H and O–H groups in total. The number of aromatic amines is 1. The quantitative estimate of drug-likeness (QED) is 0.438. The highest BCUT2D eigenvalue weighted by atomic mass is 16.6. The summed E-state index contributed by atoms with van der Waals surface area (Å²) >= 11 is 0. The van der Waals surface area contributed by atoms with Crippen LogP contribution in [0.3, 0.4) is 0 Å². The molecule has 1 aromatic heterocycles. The second-order valence-electron chi connectivity index (χ2n) is 6.80. The van der Waals surface area contributed by atoms with Gasteiger partial charge in [0.15, 0.2) is 18.1 Å². The number of nitrogens with one attached hydrogen (secondary N) is 3. The van der Waals surface area contributed by atoms with Crippen molar-refractivity contribution in [1.29, 1.82) is 0 Å². The number of hydrogen-bond donors (Lipinski definition) is 3. The van der Waals surface area contributed by atoms with Crippen molar-refractivity contribution >= 4 is 23.8 Å². The molecule has 0 fully saturated rings. The molecule has 3 rings (SSSR count). The van der Waals surface area contributed by atoms with Crippen molar-refractivity contribution in [1.82, 2.24) is 15.8 Å². The van der Waals surface area contributed by atoms with E-state index in [4.69, 9.17) is 18.9 Å². The number of H-pyrrole nitrogens is 1. The number of hydrazine groups is 1. The number of para-hydroxylation sites is 2. The molecule has 170 valence electrons. The Hall–Kier alpha value is -4.02. The maximum atomic E-state index is 12.4. The molecule has 0 spiro atoms. The Labute approximate surface area is 183 Å². The highest BCUT2D eigenvalue weighted by Crippen LogP contribution is 2.30. The molecule has 1 atom stereocenters. The van der Waals surface area contributed by atoms with Gasteiger partial charge >= 0.3 is 11.9 Å². The van der Waals surface area contributed by atoms with E-state index in [1.807, 2.05) is 6.92 Å². The van der Waals surface area contributed by atoms with Crippen LogP contribution in [-0.4, -0.2) is 55.2 Å². The molecule has 11 nitrogen and oxygen atoms in total. The average molecular weight is 445 g/mol. The summed E-state index contributed by atoms with van der Waals surface area (Å²) in [5, 5.41) is 0. The molecule has 1 aromatic carbocycles. The minimum atomic E-state index is -0.960. The normalized spacial score (nSPS) is 14.3. The van der Waals surface area contributed by atoms with E-state index in [0.29, 0.717) is 29.2 Å². The molecule has 0 saturated carbocycles. The van der Waals surface area contributed by atoms with Crippen LogP contribution in [0.4, 0.5) is 0 Å². The van der Waals surface area contributed by atoms with Crippen LogP contribution in [0.5, 0.6) is 11.5 Å². The Bertz CT molecular complexity index is 1050. The summed E-state index contributed by atoms with van der Waals surface area (Å²) in [6, 6.07) is 6.88. The van der Waals surface area contributed by atoms with Gasteiger partial charge in [-0.3, -0.25) is 20.4 Å². The van der Waals surface area contributed by atoms with Crippen LogP contribution in [0.2, 0.25) is 0 Å². The second-order valence-corrected chi connectivity index (χ2v) is 6.80. The van der Waals surface area contributed by atoms with Crippen molar-refractivity contribution in [3.05, 3.63) is 46.8 Å². The van der Waals surface area contributed by atoms with Gasteiger partial charge in [0.25, 0.3) is 11.8 Å². The van der Waals surface area contributed by atoms with Crippen molar-refractivity contribution in [2.45, 2.75) is 26.4 Å². The summed E-state index contributed by atoms with van der Waals surface area (Å²) in [4.78, 5) is 51.3. The molecule has 1 unspecified atom stereocenters. The molecule has 11 heteroatoms. The maximum Gasteiger partial charge on any atom is 0.355 e. The number of hydrogen-bond acceptors (Lipinski definition) is 8. The number of rotatable bonds is 6. The van der Waals surface area contributed by atoms with Crippen molar-refractivity contribution in [3.63, 3.8) is 0 Å². The van der Waals surface area contributed by atoms with Gasteiger partial charge in [-0.15, -0.1) is 0 Å². The third-order valence-corrected chi connectivity index (χ3v) is 4.74. The molecule has 0 aliphatic carbocycles. The third-order valence-electron chi connectivity index (χ3n) is 4.74. The summed E-state index contributed by atoms with van der Waals surface area (Å²) in [7, 11) is 1.24. The van der Waals surface area contributed by atoms with Gasteiger partial charge in [0.1, 0.15) is 12.3 Å². The molecule has 1 aliphatic rings. The number of aromatic nitrogens is 1. The molecule has 1 aliphatic heterocycles. The number of esters is 2. The smallest absolute Gasteiger partial charge is 0.355 e. The minimum Gasteiger partial charge on any atom is -0.485 e. The van der Waals surface area contributed by atoms with Gasteiger partial charge in [-0.1, -0.05) is 19.1 Å². The van der Waals surface area contributed by atoms with Gasteiger partial charge in [-0.25, -0.2) is 9.59 Å². The molecule has 0 bridgehead atoms. The van der Waals surface area contributed by atoms with Gasteiger partial charge in [-0.05, 0) is 31.0 Å². The van der Waals surface area contributed by atoms with Crippen LogP contribution in [0.15, 0.2) is 24.3 Å². The first-order chi connectivity index (χ1) is 15.3. The number of carbonyl (C=O) groups excluding carboxylic acids is 4. The fourth-order valence-electron chi connectivity index (χ4n) is 3.11. The van der Waals surface area contributed by atoms with E-state index >= 15 is 0 Å². The zero-order valence-electron chi connectivity index (χ0n) is 17.8. The van der Waals surface area contributed by atoms with Gasteiger partial charge in [0.2, 0.25) is 6.10 Å². The summed E-state index contributed by atoms with van der Waals surface area (Å²) in [6.07, 6.45) is -0.499. The standard InChI is InChI=1S/C21H23N3O8/c1-4-12-17(20(27)29-3)11(2)18(22-12)21(28)31-10-16(25)23-24-19(26)15-9-30-13-7-5-6-8-14(13)32-15/h5-8,15,22H,4,9-10H2,1-3H3,(H,23,25)(H,24,26). The molecule has 2 aromatic rings. The largest absolute Gasteiger partial charge is 0.485 e. The van der Waals surface area contributed by atoms with Gasteiger partial charge in [0.05, 0.1) is 12.7 Å². The Kier molecular flexibility index (Phi) is 6.98. The van der Waals surface area contributed by atoms with Crippen LogP contribution in [0.25, 0.3) is 0 Å². The van der Waals surface area contributed by atoms with E-state index in [1.165, 1.54) is 7.11 Å². The molecule has 0 radical (unpaired) electrons. The lowest BCUT2D eigenvalue weighted by molar-refractivity contribution is -0.135. The number of carbonyl (C=O) groups is 4. The summed E-state index contributed by atoms with van der Waals surface area (Å²) in [5.74, 6) is -1.86. The van der Waals surface area contributed by atoms with E-state index in [-0.39, 0.29) is 17.9 Å². The van der Waals surface area contributed by atoms with Gasteiger partial charge < -0.3 is 23.9 Å². The average Bonchev–Trinajstić information content (AvgIpc) is 3.16. The molecule has 2 heterocycles. The lowest BCUT2D eigenvalue weighted by Gasteiger charge is -2.25. The Balaban J connectivity index is 1.50. The predicted octanol–water partition coefficient (Wildman–Crippen LogP) is 0.816. The number of fused-ring (bicyclic) bond motifs is 1. The fraction of sp³-hybridized carbons (Fsp3) is 0.333. The van der Waals surface area contributed by atoms with Gasteiger partial charge in [0, 0.05) is 5.69 Å². The van der Waals surface area contributed by atoms with Crippen LogP contribution in [0.1, 0.15) is 39.0 Å². The SMILES string of the molecule is CCc1[nH]c(C(=O)OCC(=O)NNC(=O)C2COc3ccccc3O2)c(C)c1C(=O)OC. The predicted molar refractivity (Wildman–Crippen MR) is 109 cm³/mol. The first kappa shape index (κ1) is 22.7. The zero-order chi connectivity index (χ0) is 23.3. The first-order valence-electron chi connectivity index (χ1n) is 9.79. The molecular formula is C21H23N3O8. The zero-order valence-corrected chi connectivity index (χ0v) is 17.8. The molecule has 32 heavy (non-hydrogen) atoms. The summed E-state index contributed by atoms with van der Waals surface area (Å²) in [6.45, 7) is 2.70. The number of methoxy groups -OCH3 is 1. The Morgan fingerprint density at radius 1 is 1.12 bits per heavy atom. The third kappa shape index (κ3) is 4.82. The maximum absolute atomic E-state index is 12.4. The number of amides is 2. The van der Waals surface area contributed by atoms with Crippen molar-refractivity contribution in [3.8, 4) is 11.5 Å². The summed E-state index contributed by atoms with van der Waals surface area (Å²) in [5.41, 5.74) is 5.54. The number of aryl methyl sites for hydroxylation is 1. The first-order valence-corrected chi connectivity index (χ1v) is 9.79. The highest BCUT2D eigenvalue weighted by molar-refractivity contribution is 5.99. The molecule has 0 saturated heterocycles. The fourth-order valence-corrected chi connectivity index (χ4v) is 3.11. The van der Waals surface area contributed by atoms with Crippen molar-refractivity contribution < 1.29 is 38.1 Å².